The van der Waals surface area contributed by atoms with Crippen LogP contribution in [0, 0.1) is 6.92 Å². The number of rotatable bonds is 2. The van der Waals surface area contributed by atoms with Crippen molar-refractivity contribution in [3.05, 3.63) is 42.4 Å². The lowest BCUT2D eigenvalue weighted by Gasteiger charge is -1.98. The van der Waals surface area contributed by atoms with E-state index in [-0.39, 0.29) is 0 Å². The molecule has 2 rings (SSSR count). The van der Waals surface area contributed by atoms with Crippen molar-refractivity contribution in [3.8, 4) is 0 Å². The third-order valence-electron chi connectivity index (χ3n) is 2.03. The van der Waals surface area contributed by atoms with Crippen molar-refractivity contribution >= 4 is 17.0 Å². The molecular weight excluding hydrogens is 192 g/mol. The highest BCUT2D eigenvalue weighted by Gasteiger charge is 2.07. The van der Waals surface area contributed by atoms with E-state index in [1.165, 1.54) is 0 Å². The number of imidazole rings is 1. The van der Waals surface area contributed by atoms with Crippen LogP contribution in [0.4, 0.5) is 0 Å². The fraction of sp³-hybridized carbons (Fsp3) is 0.0909. The lowest BCUT2D eigenvalue weighted by molar-refractivity contribution is 0.0664. The summed E-state index contributed by atoms with van der Waals surface area (Å²) >= 11 is 0. The van der Waals surface area contributed by atoms with Gasteiger partial charge in [-0.1, -0.05) is 6.58 Å². The van der Waals surface area contributed by atoms with Crippen molar-refractivity contribution in [1.29, 1.82) is 0 Å². The molecule has 1 heterocycles. The summed E-state index contributed by atoms with van der Waals surface area (Å²) in [5.41, 5.74) is 2.14. The number of ether oxygens (including phenoxy) is 1. The normalized spacial score (nSPS) is 10.2. The summed E-state index contributed by atoms with van der Waals surface area (Å²) in [5.74, 6) is 0.401. The van der Waals surface area contributed by atoms with Gasteiger partial charge in [-0.25, -0.2) is 9.78 Å². The Morgan fingerprint density at radius 2 is 2.40 bits per heavy atom. The number of esters is 1. The molecule has 0 saturated carbocycles. The molecule has 0 aliphatic carbocycles. The Bertz CT molecular complexity index is 528. The van der Waals surface area contributed by atoms with Crippen molar-refractivity contribution in [1.82, 2.24) is 9.97 Å². The standard InChI is InChI=1S/C11H10N2O2/c1-3-15-11(14)8-4-5-9-10(6-8)13-7(2)12-9/h3-6H,1H2,2H3,(H,12,13). The largest absolute Gasteiger partial charge is 0.432 e. The molecular formula is C11H10N2O2. The van der Waals surface area contributed by atoms with Gasteiger partial charge in [0.25, 0.3) is 0 Å². The minimum atomic E-state index is -0.417. The van der Waals surface area contributed by atoms with Gasteiger partial charge in [-0.15, -0.1) is 0 Å². The lowest BCUT2D eigenvalue weighted by atomic mass is 10.2. The van der Waals surface area contributed by atoms with E-state index >= 15 is 0 Å². The number of aryl methyl sites for hydroxylation is 1. The van der Waals surface area contributed by atoms with Crippen LogP contribution in [-0.4, -0.2) is 15.9 Å². The van der Waals surface area contributed by atoms with Gasteiger partial charge in [0.15, 0.2) is 0 Å². The predicted molar refractivity (Wildman–Crippen MR) is 56.4 cm³/mol. The molecule has 1 N–H and O–H groups in total. The SMILES string of the molecule is C=COC(=O)c1ccc2nc(C)[nH]c2c1. The van der Waals surface area contributed by atoms with E-state index in [1.54, 1.807) is 18.2 Å². The van der Waals surface area contributed by atoms with Gasteiger partial charge in [0.1, 0.15) is 5.82 Å². The van der Waals surface area contributed by atoms with Crippen LogP contribution in [0.5, 0.6) is 0 Å². The van der Waals surface area contributed by atoms with Gasteiger partial charge in [-0.05, 0) is 25.1 Å². The first kappa shape index (κ1) is 9.45. The average Bonchev–Trinajstić information content (AvgIpc) is 2.57. The minimum absolute atomic E-state index is 0.417. The third kappa shape index (κ3) is 1.74. The predicted octanol–water partition coefficient (Wildman–Crippen LogP) is 2.17. The second-order valence-corrected chi connectivity index (χ2v) is 3.13. The number of nitrogens with one attached hydrogen (secondary N) is 1. The fourth-order valence-corrected chi connectivity index (χ4v) is 1.41. The number of aromatic nitrogens is 2. The highest BCUT2D eigenvalue weighted by molar-refractivity contribution is 5.93. The highest BCUT2D eigenvalue weighted by Crippen LogP contribution is 2.14. The molecule has 0 spiro atoms. The first-order chi connectivity index (χ1) is 7.20. The molecule has 1 aromatic carbocycles. The molecule has 0 saturated heterocycles. The average molecular weight is 202 g/mol. The summed E-state index contributed by atoms with van der Waals surface area (Å²) < 4.78 is 4.67. The number of nitrogens with zero attached hydrogens (tertiary/aromatic N) is 1. The summed E-state index contributed by atoms with van der Waals surface area (Å²) in [4.78, 5) is 18.7. The molecule has 0 aliphatic heterocycles. The van der Waals surface area contributed by atoms with Crippen LogP contribution < -0.4 is 0 Å². The zero-order valence-electron chi connectivity index (χ0n) is 8.28. The molecule has 0 bridgehead atoms. The van der Waals surface area contributed by atoms with E-state index in [2.05, 4.69) is 21.3 Å². The topological polar surface area (TPSA) is 55.0 Å². The Morgan fingerprint density at radius 3 is 3.13 bits per heavy atom. The van der Waals surface area contributed by atoms with Crippen LogP contribution in [-0.2, 0) is 4.74 Å². The molecule has 2 aromatic rings. The number of hydrogen-bond acceptors (Lipinski definition) is 3. The molecule has 0 fully saturated rings. The smallest absolute Gasteiger partial charge is 0.342 e. The fourth-order valence-electron chi connectivity index (χ4n) is 1.41. The Hall–Kier alpha value is -2.10. The minimum Gasteiger partial charge on any atom is -0.432 e. The number of carbonyl (C=O) groups is 1. The third-order valence-corrected chi connectivity index (χ3v) is 2.03. The first-order valence-corrected chi connectivity index (χ1v) is 4.49. The van der Waals surface area contributed by atoms with Crippen LogP contribution in [0.1, 0.15) is 16.2 Å². The monoisotopic (exact) mass is 202 g/mol. The highest BCUT2D eigenvalue weighted by atomic mass is 16.5. The summed E-state index contributed by atoms with van der Waals surface area (Å²) in [6, 6.07) is 5.16. The van der Waals surface area contributed by atoms with Crippen LogP contribution in [0.2, 0.25) is 0 Å². The van der Waals surface area contributed by atoms with Gasteiger partial charge >= 0.3 is 5.97 Å². The van der Waals surface area contributed by atoms with Crippen LogP contribution in [0.15, 0.2) is 31.0 Å². The molecule has 0 atom stereocenters. The molecule has 0 unspecified atom stereocenters. The summed E-state index contributed by atoms with van der Waals surface area (Å²) in [6.07, 6.45) is 1.12. The Kier molecular flexibility index (Phi) is 2.25. The first-order valence-electron chi connectivity index (χ1n) is 4.49. The van der Waals surface area contributed by atoms with E-state index < -0.39 is 5.97 Å². The molecule has 0 radical (unpaired) electrons. The van der Waals surface area contributed by atoms with Crippen LogP contribution >= 0.6 is 0 Å². The summed E-state index contributed by atoms with van der Waals surface area (Å²) in [6.45, 7) is 5.19. The Balaban J connectivity index is 2.46. The van der Waals surface area contributed by atoms with Gasteiger partial charge in [-0.2, -0.15) is 0 Å². The Morgan fingerprint density at radius 1 is 1.60 bits per heavy atom. The summed E-state index contributed by atoms with van der Waals surface area (Å²) in [7, 11) is 0. The second-order valence-electron chi connectivity index (χ2n) is 3.13. The quantitative estimate of drug-likeness (QED) is 0.599. The summed E-state index contributed by atoms with van der Waals surface area (Å²) in [5, 5.41) is 0. The van der Waals surface area contributed by atoms with E-state index in [0.29, 0.717) is 5.56 Å². The van der Waals surface area contributed by atoms with Crippen LogP contribution in [0.3, 0.4) is 0 Å². The molecule has 76 valence electrons. The van der Waals surface area contributed by atoms with E-state index in [4.69, 9.17) is 0 Å². The molecule has 0 aliphatic rings. The van der Waals surface area contributed by atoms with Crippen LogP contribution in [0.25, 0.3) is 11.0 Å². The molecule has 15 heavy (non-hydrogen) atoms. The van der Waals surface area contributed by atoms with Gasteiger partial charge in [0, 0.05) is 0 Å². The van der Waals surface area contributed by atoms with Crippen molar-refractivity contribution < 1.29 is 9.53 Å². The lowest BCUT2D eigenvalue weighted by Crippen LogP contribution is -1.99. The van der Waals surface area contributed by atoms with Gasteiger partial charge in [0.05, 0.1) is 22.9 Å². The second kappa shape index (κ2) is 3.57. The maximum atomic E-state index is 11.4. The number of hydrogen-bond donors (Lipinski definition) is 1. The van der Waals surface area contributed by atoms with E-state index in [1.807, 2.05) is 6.92 Å². The van der Waals surface area contributed by atoms with Crippen molar-refractivity contribution in [2.45, 2.75) is 6.92 Å². The van der Waals surface area contributed by atoms with E-state index in [9.17, 15) is 4.79 Å². The zero-order chi connectivity index (χ0) is 10.8. The molecule has 1 aromatic heterocycles. The molecule has 4 heteroatoms. The van der Waals surface area contributed by atoms with Gasteiger partial charge in [-0.3, -0.25) is 0 Å². The number of benzene rings is 1. The van der Waals surface area contributed by atoms with Gasteiger partial charge in [0.2, 0.25) is 0 Å². The van der Waals surface area contributed by atoms with E-state index in [0.717, 1.165) is 23.1 Å². The molecule has 4 nitrogen and oxygen atoms in total. The Labute approximate surface area is 86.6 Å². The number of fused-ring (bicyclic) bond motifs is 1. The maximum absolute atomic E-state index is 11.4. The van der Waals surface area contributed by atoms with Gasteiger partial charge < -0.3 is 9.72 Å². The number of carbonyl (C=O) groups excluding carboxylic acids is 1. The number of H-pyrrole nitrogens is 1. The van der Waals surface area contributed by atoms with Crippen molar-refractivity contribution in [2.24, 2.45) is 0 Å². The number of aromatic amines is 1. The zero-order valence-corrected chi connectivity index (χ0v) is 8.28. The van der Waals surface area contributed by atoms with Crippen molar-refractivity contribution in [2.75, 3.05) is 0 Å². The van der Waals surface area contributed by atoms with Crippen molar-refractivity contribution in [3.63, 3.8) is 0 Å². The molecule has 0 amide bonds. The maximum Gasteiger partial charge on any atom is 0.342 e.